The third-order valence-corrected chi connectivity index (χ3v) is 4.83. The van der Waals surface area contributed by atoms with Crippen LogP contribution in [0.15, 0.2) is 47.0 Å². The van der Waals surface area contributed by atoms with Crippen LogP contribution >= 0.6 is 0 Å². The van der Waals surface area contributed by atoms with Crippen LogP contribution in [0.2, 0.25) is 0 Å². The minimum absolute atomic E-state index is 0.230. The topological polar surface area (TPSA) is 58.5 Å². The quantitative estimate of drug-likeness (QED) is 0.740. The lowest BCUT2D eigenvalue weighted by atomic mass is 10.1. The Morgan fingerprint density at radius 1 is 1.08 bits per heavy atom. The number of hydrogen-bond acceptors (Lipinski definition) is 5. The zero-order valence-corrected chi connectivity index (χ0v) is 14.0. The van der Waals surface area contributed by atoms with E-state index >= 15 is 0 Å². The number of nitrogen functional groups attached to an aromatic ring is 1. The summed E-state index contributed by atoms with van der Waals surface area (Å²) < 4.78 is 18.8. The minimum atomic E-state index is -0.230. The van der Waals surface area contributed by atoms with Crippen molar-refractivity contribution < 1.29 is 8.91 Å². The molecule has 0 radical (unpaired) electrons. The number of anilines is 2. The second-order valence-electron chi connectivity index (χ2n) is 6.42. The molecule has 1 aliphatic rings. The number of piperazine rings is 1. The van der Waals surface area contributed by atoms with Gasteiger partial charge >= 0.3 is 0 Å². The SMILES string of the molecule is Nc1ccc(F)cc1CCN1CCN(c2noc3ccccc23)CC1. The van der Waals surface area contributed by atoms with E-state index < -0.39 is 0 Å². The molecule has 130 valence electrons. The smallest absolute Gasteiger partial charge is 0.180 e. The van der Waals surface area contributed by atoms with Gasteiger partial charge in [0.25, 0.3) is 0 Å². The fraction of sp³-hybridized carbons (Fsp3) is 0.316. The Labute approximate surface area is 145 Å². The molecule has 0 spiro atoms. The Bertz CT molecular complexity index is 871. The van der Waals surface area contributed by atoms with Crippen LogP contribution in [-0.2, 0) is 6.42 Å². The molecule has 25 heavy (non-hydrogen) atoms. The van der Waals surface area contributed by atoms with Crippen molar-refractivity contribution >= 4 is 22.5 Å². The molecule has 4 rings (SSSR count). The molecule has 0 bridgehead atoms. The van der Waals surface area contributed by atoms with Crippen molar-refractivity contribution in [3.63, 3.8) is 0 Å². The highest BCUT2D eigenvalue weighted by molar-refractivity contribution is 5.88. The Balaban J connectivity index is 1.36. The molecule has 0 aliphatic carbocycles. The van der Waals surface area contributed by atoms with E-state index in [1.54, 1.807) is 6.07 Å². The third-order valence-electron chi connectivity index (χ3n) is 4.83. The van der Waals surface area contributed by atoms with Gasteiger partial charge in [0.15, 0.2) is 11.4 Å². The monoisotopic (exact) mass is 340 g/mol. The first-order chi connectivity index (χ1) is 12.2. The predicted molar refractivity (Wildman–Crippen MR) is 97.2 cm³/mol. The molecule has 1 aromatic heterocycles. The van der Waals surface area contributed by atoms with E-state index in [1.807, 2.05) is 24.3 Å². The van der Waals surface area contributed by atoms with Crippen LogP contribution in [0, 0.1) is 5.82 Å². The van der Waals surface area contributed by atoms with Gasteiger partial charge in [-0.15, -0.1) is 0 Å². The van der Waals surface area contributed by atoms with E-state index in [9.17, 15) is 4.39 Å². The lowest BCUT2D eigenvalue weighted by molar-refractivity contribution is 0.259. The molecule has 1 saturated heterocycles. The molecule has 3 aromatic rings. The lowest BCUT2D eigenvalue weighted by Gasteiger charge is -2.34. The first-order valence-electron chi connectivity index (χ1n) is 8.56. The molecule has 0 atom stereocenters. The first-order valence-corrected chi connectivity index (χ1v) is 8.56. The zero-order valence-electron chi connectivity index (χ0n) is 14.0. The fourth-order valence-electron chi connectivity index (χ4n) is 3.35. The van der Waals surface area contributed by atoms with Gasteiger partial charge in [-0.2, -0.15) is 0 Å². The highest BCUT2D eigenvalue weighted by Gasteiger charge is 2.21. The normalized spacial score (nSPS) is 15.8. The number of benzene rings is 2. The maximum atomic E-state index is 13.4. The van der Waals surface area contributed by atoms with Crippen LogP contribution < -0.4 is 10.6 Å². The van der Waals surface area contributed by atoms with Crippen LogP contribution in [0.5, 0.6) is 0 Å². The van der Waals surface area contributed by atoms with Crippen LogP contribution in [-0.4, -0.2) is 42.8 Å². The summed E-state index contributed by atoms with van der Waals surface area (Å²) in [6.07, 6.45) is 0.760. The standard InChI is InChI=1S/C19H21FN4O/c20-15-5-6-17(21)14(13-15)7-8-23-9-11-24(12-10-23)19-16-3-1-2-4-18(16)25-22-19/h1-6,13H,7-12,21H2. The molecule has 6 heteroatoms. The van der Waals surface area contributed by atoms with Crippen LogP contribution in [0.1, 0.15) is 5.56 Å². The van der Waals surface area contributed by atoms with Gasteiger partial charge in [0.1, 0.15) is 5.82 Å². The molecule has 1 fully saturated rings. The van der Waals surface area contributed by atoms with Crippen molar-refractivity contribution in [1.29, 1.82) is 0 Å². The van der Waals surface area contributed by atoms with E-state index in [0.717, 1.165) is 61.5 Å². The molecule has 0 amide bonds. The van der Waals surface area contributed by atoms with E-state index in [2.05, 4.69) is 15.0 Å². The van der Waals surface area contributed by atoms with E-state index in [1.165, 1.54) is 12.1 Å². The first kappa shape index (κ1) is 15.9. The van der Waals surface area contributed by atoms with Crippen LogP contribution in [0.4, 0.5) is 15.9 Å². The van der Waals surface area contributed by atoms with Gasteiger partial charge in [0.05, 0.1) is 5.39 Å². The van der Waals surface area contributed by atoms with Gasteiger partial charge in [-0.05, 0) is 42.3 Å². The summed E-state index contributed by atoms with van der Waals surface area (Å²) >= 11 is 0. The number of aromatic nitrogens is 1. The van der Waals surface area contributed by atoms with Crippen LogP contribution in [0.25, 0.3) is 11.0 Å². The number of nitrogens with zero attached hydrogens (tertiary/aromatic N) is 3. The summed E-state index contributed by atoms with van der Waals surface area (Å²) in [5.74, 6) is 0.691. The largest absolute Gasteiger partial charge is 0.399 e. The van der Waals surface area contributed by atoms with Gasteiger partial charge in [-0.3, -0.25) is 4.90 Å². The number of fused-ring (bicyclic) bond motifs is 1. The Kier molecular flexibility index (Phi) is 4.28. The zero-order chi connectivity index (χ0) is 17.2. The average molecular weight is 340 g/mol. The van der Waals surface area contributed by atoms with Gasteiger partial charge < -0.3 is 15.2 Å². The Hall–Kier alpha value is -2.60. The second-order valence-corrected chi connectivity index (χ2v) is 6.42. The van der Waals surface area contributed by atoms with Crippen molar-refractivity contribution in [2.75, 3.05) is 43.4 Å². The summed E-state index contributed by atoms with van der Waals surface area (Å²) in [6.45, 7) is 4.55. The second kappa shape index (κ2) is 6.72. The Morgan fingerprint density at radius 2 is 1.88 bits per heavy atom. The fourth-order valence-corrected chi connectivity index (χ4v) is 3.35. The van der Waals surface area contributed by atoms with Gasteiger partial charge in [-0.1, -0.05) is 17.3 Å². The summed E-state index contributed by atoms with van der Waals surface area (Å²) in [5, 5.41) is 5.29. The molecular formula is C19H21FN4O. The summed E-state index contributed by atoms with van der Waals surface area (Å²) in [4.78, 5) is 4.64. The van der Waals surface area contributed by atoms with E-state index in [0.29, 0.717) is 5.69 Å². The minimum Gasteiger partial charge on any atom is -0.399 e. The van der Waals surface area contributed by atoms with Gasteiger partial charge in [-0.25, -0.2) is 4.39 Å². The maximum Gasteiger partial charge on any atom is 0.180 e. The lowest BCUT2D eigenvalue weighted by Crippen LogP contribution is -2.47. The predicted octanol–water partition coefficient (Wildman–Crippen LogP) is 2.91. The van der Waals surface area contributed by atoms with Gasteiger partial charge in [0, 0.05) is 38.4 Å². The summed E-state index contributed by atoms with van der Waals surface area (Å²) in [7, 11) is 0. The number of para-hydroxylation sites is 1. The molecule has 0 unspecified atom stereocenters. The molecule has 2 N–H and O–H groups in total. The molecular weight excluding hydrogens is 319 g/mol. The van der Waals surface area contributed by atoms with Crippen LogP contribution in [0.3, 0.4) is 0 Å². The summed E-state index contributed by atoms with van der Waals surface area (Å²) in [5.41, 5.74) is 8.29. The van der Waals surface area contributed by atoms with E-state index in [-0.39, 0.29) is 5.82 Å². The molecule has 1 aliphatic heterocycles. The van der Waals surface area contributed by atoms with Crippen molar-refractivity contribution in [3.8, 4) is 0 Å². The number of hydrogen-bond donors (Lipinski definition) is 1. The number of rotatable bonds is 4. The molecule has 5 nitrogen and oxygen atoms in total. The maximum absolute atomic E-state index is 13.4. The van der Waals surface area contributed by atoms with Gasteiger partial charge in [0.2, 0.25) is 0 Å². The van der Waals surface area contributed by atoms with Crippen molar-refractivity contribution in [2.45, 2.75) is 6.42 Å². The van der Waals surface area contributed by atoms with E-state index in [4.69, 9.17) is 10.3 Å². The number of halogens is 1. The number of nitrogens with two attached hydrogens (primary N) is 1. The average Bonchev–Trinajstić information content (AvgIpc) is 3.07. The molecule has 0 saturated carbocycles. The van der Waals surface area contributed by atoms with Crippen molar-refractivity contribution in [3.05, 3.63) is 53.8 Å². The Morgan fingerprint density at radius 3 is 2.72 bits per heavy atom. The molecule has 2 heterocycles. The van der Waals surface area contributed by atoms with Crippen molar-refractivity contribution in [1.82, 2.24) is 10.1 Å². The summed E-state index contributed by atoms with van der Waals surface area (Å²) in [6, 6.07) is 12.5. The van der Waals surface area contributed by atoms with Crippen molar-refractivity contribution in [2.24, 2.45) is 0 Å². The third kappa shape index (κ3) is 3.30. The highest BCUT2D eigenvalue weighted by atomic mass is 19.1. The highest BCUT2D eigenvalue weighted by Crippen LogP contribution is 2.26. The molecule has 2 aromatic carbocycles.